The highest BCUT2D eigenvalue weighted by Gasteiger charge is 2.33. The summed E-state index contributed by atoms with van der Waals surface area (Å²) in [5.41, 5.74) is 6.29. The molecule has 0 aromatic heterocycles. The third-order valence-electron chi connectivity index (χ3n) is 4.28. The Labute approximate surface area is 137 Å². The van der Waals surface area contributed by atoms with Crippen LogP contribution in [0.15, 0.2) is 54.6 Å². The fourth-order valence-corrected chi connectivity index (χ4v) is 2.94. The first-order valence-electron chi connectivity index (χ1n) is 7.86. The van der Waals surface area contributed by atoms with Crippen LogP contribution in [-0.2, 0) is 4.79 Å². The third-order valence-corrected chi connectivity index (χ3v) is 4.28. The van der Waals surface area contributed by atoms with Crippen LogP contribution in [-0.4, -0.2) is 12.5 Å². The highest BCUT2D eigenvalue weighted by Crippen LogP contribution is 2.38. The Morgan fingerprint density at radius 1 is 1.17 bits per heavy atom. The van der Waals surface area contributed by atoms with Crippen molar-refractivity contribution in [2.45, 2.75) is 26.8 Å². The Kier molecular flexibility index (Phi) is 3.95. The number of nitrogens with zero attached hydrogens (tertiary/aromatic N) is 1. The number of carbonyl (C=O) groups excluding carboxylic acids is 1. The van der Waals surface area contributed by atoms with Gasteiger partial charge in [0.15, 0.2) is 0 Å². The number of carbonyl (C=O) groups is 1. The molecule has 1 atom stereocenters. The summed E-state index contributed by atoms with van der Waals surface area (Å²) in [4.78, 5) is 14.9. The molecule has 0 radical (unpaired) electrons. The molecule has 1 aliphatic heterocycles. The second-order valence-corrected chi connectivity index (χ2v) is 6.32. The summed E-state index contributed by atoms with van der Waals surface area (Å²) in [6.45, 7) is 10.6. The molecule has 0 fully saturated rings. The predicted molar refractivity (Wildman–Crippen MR) is 95.9 cm³/mol. The molecule has 1 unspecified atom stereocenters. The van der Waals surface area contributed by atoms with Crippen molar-refractivity contribution in [2.24, 2.45) is 0 Å². The van der Waals surface area contributed by atoms with Crippen LogP contribution < -0.4 is 10.2 Å². The van der Waals surface area contributed by atoms with Crippen molar-refractivity contribution in [1.82, 2.24) is 0 Å². The molecule has 23 heavy (non-hydrogen) atoms. The molecular weight excluding hydrogens is 284 g/mol. The molecule has 3 rings (SSSR count). The average molecular weight is 306 g/mol. The Hall–Kier alpha value is -2.55. The predicted octanol–water partition coefficient (Wildman–Crippen LogP) is 4.38. The molecular formula is C20H22N2O. The van der Waals surface area contributed by atoms with Crippen LogP contribution in [0.4, 0.5) is 11.4 Å². The lowest BCUT2D eigenvalue weighted by Crippen LogP contribution is -2.43. The quantitative estimate of drug-likeness (QED) is 0.854. The largest absolute Gasteiger partial charge is 0.368 e. The molecule has 0 aliphatic carbocycles. The third kappa shape index (κ3) is 2.87. The van der Waals surface area contributed by atoms with E-state index >= 15 is 0 Å². The standard InChI is InChI=1S/C20H22N2O/c1-13(2)12-22-18-11-15(4)14(3)10-17(18)21-19(20(22)23)16-8-6-5-7-9-16/h5-11,19,21H,1,12H2,2-4H3. The highest BCUT2D eigenvalue weighted by atomic mass is 16.2. The van der Waals surface area contributed by atoms with Crippen molar-refractivity contribution in [3.63, 3.8) is 0 Å². The van der Waals surface area contributed by atoms with Gasteiger partial charge in [0.1, 0.15) is 6.04 Å². The van der Waals surface area contributed by atoms with Gasteiger partial charge in [0.25, 0.3) is 5.91 Å². The maximum absolute atomic E-state index is 13.0. The lowest BCUT2D eigenvalue weighted by atomic mass is 9.98. The van der Waals surface area contributed by atoms with Gasteiger partial charge in [-0.25, -0.2) is 0 Å². The van der Waals surface area contributed by atoms with Gasteiger partial charge in [-0.2, -0.15) is 0 Å². The van der Waals surface area contributed by atoms with Crippen molar-refractivity contribution in [3.8, 4) is 0 Å². The first-order valence-corrected chi connectivity index (χ1v) is 7.86. The lowest BCUT2D eigenvalue weighted by molar-refractivity contribution is -0.119. The summed E-state index contributed by atoms with van der Waals surface area (Å²) >= 11 is 0. The number of amides is 1. The van der Waals surface area contributed by atoms with E-state index in [0.717, 1.165) is 22.5 Å². The van der Waals surface area contributed by atoms with Crippen LogP contribution in [0.2, 0.25) is 0 Å². The van der Waals surface area contributed by atoms with Gasteiger partial charge in [0, 0.05) is 6.54 Å². The lowest BCUT2D eigenvalue weighted by Gasteiger charge is -2.36. The summed E-state index contributed by atoms with van der Waals surface area (Å²) in [7, 11) is 0. The van der Waals surface area contributed by atoms with E-state index in [2.05, 4.69) is 37.9 Å². The van der Waals surface area contributed by atoms with E-state index in [0.29, 0.717) is 6.54 Å². The second-order valence-electron chi connectivity index (χ2n) is 6.32. The molecule has 3 nitrogen and oxygen atoms in total. The van der Waals surface area contributed by atoms with E-state index in [4.69, 9.17) is 0 Å². The van der Waals surface area contributed by atoms with E-state index < -0.39 is 0 Å². The minimum Gasteiger partial charge on any atom is -0.368 e. The van der Waals surface area contributed by atoms with E-state index in [1.807, 2.05) is 42.2 Å². The van der Waals surface area contributed by atoms with Gasteiger partial charge >= 0.3 is 0 Å². The Morgan fingerprint density at radius 2 is 1.83 bits per heavy atom. The van der Waals surface area contributed by atoms with Gasteiger partial charge in [0.05, 0.1) is 11.4 Å². The second kappa shape index (κ2) is 5.92. The molecule has 0 spiro atoms. The number of hydrogen-bond acceptors (Lipinski definition) is 2. The van der Waals surface area contributed by atoms with E-state index in [9.17, 15) is 4.79 Å². The van der Waals surface area contributed by atoms with Crippen molar-refractivity contribution < 1.29 is 4.79 Å². The highest BCUT2D eigenvalue weighted by molar-refractivity contribution is 6.05. The van der Waals surface area contributed by atoms with Crippen LogP contribution in [0.5, 0.6) is 0 Å². The first-order chi connectivity index (χ1) is 11.0. The zero-order valence-electron chi connectivity index (χ0n) is 13.9. The SMILES string of the molecule is C=C(C)CN1C(=O)C(c2ccccc2)Nc2cc(C)c(C)cc21. The van der Waals surface area contributed by atoms with Crippen LogP contribution in [0.3, 0.4) is 0 Å². The molecule has 2 aromatic rings. The van der Waals surface area contributed by atoms with Crippen molar-refractivity contribution >= 4 is 17.3 Å². The maximum atomic E-state index is 13.0. The normalized spacial score (nSPS) is 16.7. The summed E-state index contributed by atoms with van der Waals surface area (Å²) < 4.78 is 0. The minimum absolute atomic E-state index is 0.0648. The molecule has 1 amide bonds. The molecule has 1 heterocycles. The number of fused-ring (bicyclic) bond motifs is 1. The fourth-order valence-electron chi connectivity index (χ4n) is 2.94. The monoisotopic (exact) mass is 306 g/mol. The number of rotatable bonds is 3. The van der Waals surface area contributed by atoms with E-state index in [1.165, 1.54) is 11.1 Å². The van der Waals surface area contributed by atoms with Gasteiger partial charge in [-0.1, -0.05) is 42.5 Å². The number of benzene rings is 2. The summed E-state index contributed by atoms with van der Waals surface area (Å²) in [5.74, 6) is 0.0648. The smallest absolute Gasteiger partial charge is 0.254 e. The van der Waals surface area contributed by atoms with Crippen molar-refractivity contribution in [1.29, 1.82) is 0 Å². The Bertz CT molecular complexity index is 765. The Morgan fingerprint density at radius 3 is 2.48 bits per heavy atom. The fraction of sp³-hybridized carbons (Fsp3) is 0.250. The molecule has 0 saturated heterocycles. The molecule has 0 bridgehead atoms. The number of nitrogens with one attached hydrogen (secondary N) is 1. The number of hydrogen-bond donors (Lipinski definition) is 1. The van der Waals surface area contributed by atoms with E-state index in [1.54, 1.807) is 0 Å². The zero-order chi connectivity index (χ0) is 16.6. The number of anilines is 2. The molecule has 0 saturated carbocycles. The van der Waals surface area contributed by atoms with Gasteiger partial charge < -0.3 is 10.2 Å². The van der Waals surface area contributed by atoms with Crippen LogP contribution in [0.1, 0.15) is 29.7 Å². The topological polar surface area (TPSA) is 32.3 Å². The first kappa shape index (κ1) is 15.3. The molecule has 1 N–H and O–H groups in total. The summed E-state index contributed by atoms with van der Waals surface area (Å²) in [5, 5.41) is 3.41. The van der Waals surface area contributed by atoms with Gasteiger partial charge in [-0.15, -0.1) is 0 Å². The molecule has 118 valence electrons. The van der Waals surface area contributed by atoms with Gasteiger partial charge in [0.2, 0.25) is 0 Å². The molecule has 3 heteroatoms. The summed E-state index contributed by atoms with van der Waals surface area (Å²) in [6.07, 6.45) is 0. The Balaban J connectivity index is 2.10. The average Bonchev–Trinajstić information content (AvgIpc) is 2.52. The van der Waals surface area contributed by atoms with Crippen LogP contribution in [0, 0.1) is 13.8 Å². The van der Waals surface area contributed by atoms with E-state index in [-0.39, 0.29) is 11.9 Å². The number of aryl methyl sites for hydroxylation is 2. The van der Waals surface area contributed by atoms with Crippen LogP contribution >= 0.6 is 0 Å². The molecule has 1 aliphatic rings. The van der Waals surface area contributed by atoms with Crippen molar-refractivity contribution in [3.05, 3.63) is 71.3 Å². The summed E-state index contributed by atoms with van der Waals surface area (Å²) in [6, 6.07) is 13.7. The van der Waals surface area contributed by atoms with Gasteiger partial charge in [-0.05, 0) is 49.6 Å². The minimum atomic E-state index is -0.356. The zero-order valence-corrected chi connectivity index (χ0v) is 13.9. The van der Waals surface area contributed by atoms with Crippen LogP contribution in [0.25, 0.3) is 0 Å². The maximum Gasteiger partial charge on any atom is 0.254 e. The van der Waals surface area contributed by atoms with Crippen molar-refractivity contribution in [2.75, 3.05) is 16.8 Å². The molecule has 2 aromatic carbocycles. The van der Waals surface area contributed by atoms with Gasteiger partial charge in [-0.3, -0.25) is 4.79 Å².